The van der Waals surface area contributed by atoms with Gasteiger partial charge in [0.1, 0.15) is 0 Å². The molecule has 0 heterocycles. The first-order valence-electron chi connectivity index (χ1n) is 5.47. The van der Waals surface area contributed by atoms with E-state index >= 15 is 0 Å². The summed E-state index contributed by atoms with van der Waals surface area (Å²) in [5.74, 6) is 0.240. The van der Waals surface area contributed by atoms with Gasteiger partial charge in [0.25, 0.3) is 0 Å². The molecule has 1 aromatic rings. The highest BCUT2D eigenvalue weighted by Crippen LogP contribution is 2.34. The third-order valence-electron chi connectivity index (χ3n) is 2.69. The lowest BCUT2D eigenvalue weighted by Crippen LogP contribution is -2.38. The lowest BCUT2D eigenvalue weighted by atomic mass is 10.0. The third kappa shape index (κ3) is 2.36. The van der Waals surface area contributed by atoms with Gasteiger partial charge in [0.05, 0.1) is 0 Å². The molecule has 0 fully saturated rings. The van der Waals surface area contributed by atoms with Crippen LogP contribution in [-0.2, 0) is 0 Å². The van der Waals surface area contributed by atoms with Crippen molar-refractivity contribution in [2.75, 3.05) is 0 Å². The molecule has 2 rings (SSSR count). The van der Waals surface area contributed by atoms with Gasteiger partial charge in [-0.2, -0.15) is 0 Å². The first-order valence-corrected chi connectivity index (χ1v) is 6.26. The SMILES string of the molecule is CC(C)(C)NC1CC(=O)c2ccc(Br)cc21. The molecule has 0 radical (unpaired) electrons. The molecule has 0 bridgehead atoms. The molecule has 2 nitrogen and oxygen atoms in total. The van der Waals surface area contributed by atoms with E-state index in [-0.39, 0.29) is 17.4 Å². The van der Waals surface area contributed by atoms with Crippen molar-refractivity contribution >= 4 is 21.7 Å². The monoisotopic (exact) mass is 281 g/mol. The number of carbonyl (C=O) groups is 1. The molecule has 16 heavy (non-hydrogen) atoms. The maximum Gasteiger partial charge on any atom is 0.165 e. The predicted octanol–water partition coefficient (Wildman–Crippen LogP) is 3.46. The lowest BCUT2D eigenvalue weighted by Gasteiger charge is -2.26. The van der Waals surface area contributed by atoms with E-state index in [1.165, 1.54) is 0 Å². The van der Waals surface area contributed by atoms with Crippen LogP contribution in [0.15, 0.2) is 22.7 Å². The zero-order chi connectivity index (χ0) is 11.9. The summed E-state index contributed by atoms with van der Waals surface area (Å²) in [4.78, 5) is 11.8. The first-order chi connectivity index (χ1) is 7.37. The van der Waals surface area contributed by atoms with Crippen molar-refractivity contribution in [2.24, 2.45) is 0 Å². The fraction of sp³-hybridized carbons (Fsp3) is 0.462. The minimum atomic E-state index is 0.0227. The van der Waals surface area contributed by atoms with Gasteiger partial charge in [-0.25, -0.2) is 0 Å². The Morgan fingerprint density at radius 2 is 2.06 bits per heavy atom. The number of Topliss-reactive ketones (excluding diaryl/α,β-unsaturated/α-hetero) is 1. The molecule has 1 aliphatic carbocycles. The van der Waals surface area contributed by atoms with Gasteiger partial charge in [-0.3, -0.25) is 4.79 Å². The molecule has 0 aromatic heterocycles. The standard InChI is InChI=1S/C13H16BrNO/c1-13(2,3)15-11-7-12(16)9-5-4-8(14)6-10(9)11/h4-6,11,15H,7H2,1-3H3. The van der Waals surface area contributed by atoms with E-state index < -0.39 is 0 Å². The molecule has 1 N–H and O–H groups in total. The summed E-state index contributed by atoms with van der Waals surface area (Å²) in [6.07, 6.45) is 0.572. The number of carbonyl (C=O) groups excluding carboxylic acids is 1. The zero-order valence-electron chi connectivity index (χ0n) is 9.80. The molecular weight excluding hydrogens is 266 g/mol. The van der Waals surface area contributed by atoms with Gasteiger partial charge in [0, 0.05) is 28.0 Å². The van der Waals surface area contributed by atoms with Crippen LogP contribution in [-0.4, -0.2) is 11.3 Å². The second kappa shape index (κ2) is 3.97. The van der Waals surface area contributed by atoms with Gasteiger partial charge >= 0.3 is 0 Å². The Labute approximate surface area is 105 Å². The Kier molecular flexibility index (Phi) is 2.93. The highest BCUT2D eigenvalue weighted by atomic mass is 79.9. The van der Waals surface area contributed by atoms with Crippen LogP contribution in [0.3, 0.4) is 0 Å². The van der Waals surface area contributed by atoms with Crippen molar-refractivity contribution < 1.29 is 4.79 Å². The van der Waals surface area contributed by atoms with Crippen molar-refractivity contribution in [3.05, 3.63) is 33.8 Å². The van der Waals surface area contributed by atoms with Gasteiger partial charge in [-0.15, -0.1) is 0 Å². The second-order valence-corrected chi connectivity index (χ2v) is 6.22. The fourth-order valence-corrected chi connectivity index (χ4v) is 2.51. The molecule has 86 valence electrons. The summed E-state index contributed by atoms with van der Waals surface area (Å²) in [7, 11) is 0. The molecule has 1 aromatic carbocycles. The highest BCUT2D eigenvalue weighted by Gasteiger charge is 2.31. The quantitative estimate of drug-likeness (QED) is 0.854. The van der Waals surface area contributed by atoms with Crippen LogP contribution in [0, 0.1) is 0 Å². The Bertz CT molecular complexity index is 434. The van der Waals surface area contributed by atoms with Gasteiger partial charge in [0.2, 0.25) is 0 Å². The van der Waals surface area contributed by atoms with Crippen LogP contribution >= 0.6 is 15.9 Å². The number of ketones is 1. The minimum absolute atomic E-state index is 0.0227. The number of nitrogens with one attached hydrogen (secondary N) is 1. The Morgan fingerprint density at radius 3 is 2.69 bits per heavy atom. The van der Waals surface area contributed by atoms with E-state index in [0.717, 1.165) is 15.6 Å². The molecule has 0 amide bonds. The van der Waals surface area contributed by atoms with E-state index in [0.29, 0.717) is 6.42 Å². The van der Waals surface area contributed by atoms with E-state index in [1.807, 2.05) is 18.2 Å². The maximum absolute atomic E-state index is 11.8. The average Bonchev–Trinajstić information content (AvgIpc) is 2.40. The Morgan fingerprint density at radius 1 is 1.38 bits per heavy atom. The van der Waals surface area contributed by atoms with Crippen molar-refractivity contribution in [1.29, 1.82) is 0 Å². The van der Waals surface area contributed by atoms with Crippen molar-refractivity contribution in [3.63, 3.8) is 0 Å². The molecule has 1 unspecified atom stereocenters. The molecule has 3 heteroatoms. The van der Waals surface area contributed by atoms with Crippen molar-refractivity contribution in [3.8, 4) is 0 Å². The Balaban J connectivity index is 2.34. The Hall–Kier alpha value is -0.670. The normalized spacial score (nSPS) is 20.0. The van der Waals surface area contributed by atoms with Gasteiger partial charge in [0.15, 0.2) is 5.78 Å². The smallest absolute Gasteiger partial charge is 0.165 e. The number of rotatable bonds is 1. The number of benzene rings is 1. The highest BCUT2D eigenvalue weighted by molar-refractivity contribution is 9.10. The third-order valence-corrected chi connectivity index (χ3v) is 3.18. The summed E-state index contributed by atoms with van der Waals surface area (Å²) < 4.78 is 1.03. The average molecular weight is 282 g/mol. The minimum Gasteiger partial charge on any atom is -0.305 e. The fourth-order valence-electron chi connectivity index (χ4n) is 2.13. The van der Waals surface area contributed by atoms with Gasteiger partial charge in [-0.05, 0) is 44.5 Å². The van der Waals surface area contributed by atoms with Crippen molar-refractivity contribution in [1.82, 2.24) is 5.32 Å². The number of halogens is 1. The van der Waals surface area contributed by atoms with Crippen LogP contribution in [0.2, 0.25) is 0 Å². The van der Waals surface area contributed by atoms with E-state index in [2.05, 4.69) is 42.0 Å². The first kappa shape index (κ1) is 11.8. The molecular formula is C13H16BrNO. The summed E-state index contributed by atoms with van der Waals surface area (Å²) in [6, 6.07) is 6.03. The summed E-state index contributed by atoms with van der Waals surface area (Å²) in [6.45, 7) is 6.36. The lowest BCUT2D eigenvalue weighted by molar-refractivity contribution is 0.0983. The predicted molar refractivity (Wildman–Crippen MR) is 68.7 cm³/mol. The zero-order valence-corrected chi connectivity index (χ0v) is 11.4. The number of fused-ring (bicyclic) bond motifs is 1. The molecule has 0 aliphatic heterocycles. The summed E-state index contributed by atoms with van der Waals surface area (Å²) >= 11 is 3.45. The molecule has 1 aliphatic rings. The van der Waals surface area contributed by atoms with Crippen LogP contribution in [0.1, 0.15) is 49.2 Å². The van der Waals surface area contributed by atoms with E-state index in [1.54, 1.807) is 0 Å². The molecule has 0 saturated carbocycles. The number of hydrogen-bond donors (Lipinski definition) is 1. The van der Waals surface area contributed by atoms with Crippen LogP contribution in [0.4, 0.5) is 0 Å². The molecule has 0 saturated heterocycles. The van der Waals surface area contributed by atoms with Crippen molar-refractivity contribution in [2.45, 2.75) is 38.8 Å². The summed E-state index contributed by atoms with van der Waals surface area (Å²) in [5, 5.41) is 3.49. The second-order valence-electron chi connectivity index (χ2n) is 5.31. The maximum atomic E-state index is 11.8. The molecule has 1 atom stereocenters. The topological polar surface area (TPSA) is 29.1 Å². The number of hydrogen-bond acceptors (Lipinski definition) is 2. The van der Waals surface area contributed by atoms with Crippen LogP contribution in [0.5, 0.6) is 0 Å². The van der Waals surface area contributed by atoms with Gasteiger partial charge < -0.3 is 5.32 Å². The van der Waals surface area contributed by atoms with E-state index in [9.17, 15) is 4.79 Å². The van der Waals surface area contributed by atoms with E-state index in [4.69, 9.17) is 0 Å². The van der Waals surface area contributed by atoms with Crippen LogP contribution < -0.4 is 5.32 Å². The largest absolute Gasteiger partial charge is 0.305 e. The molecule has 0 spiro atoms. The van der Waals surface area contributed by atoms with Gasteiger partial charge in [-0.1, -0.05) is 15.9 Å². The van der Waals surface area contributed by atoms with Crippen LogP contribution in [0.25, 0.3) is 0 Å². The summed E-state index contributed by atoms with van der Waals surface area (Å²) in [5.41, 5.74) is 2.01.